The molecule has 0 radical (unpaired) electrons. The predicted octanol–water partition coefficient (Wildman–Crippen LogP) is 1.41. The van der Waals surface area contributed by atoms with Gasteiger partial charge in [-0.3, -0.25) is 9.36 Å². The fourth-order valence-electron chi connectivity index (χ4n) is 2.46. The highest BCUT2D eigenvalue weighted by Crippen LogP contribution is 2.49. The van der Waals surface area contributed by atoms with Gasteiger partial charge in [0.05, 0.1) is 18.2 Å². The van der Waals surface area contributed by atoms with E-state index in [-0.39, 0.29) is 23.6 Å². The predicted molar refractivity (Wildman–Crippen MR) is 79.7 cm³/mol. The molecule has 0 unspecified atom stereocenters. The van der Waals surface area contributed by atoms with Crippen molar-refractivity contribution in [2.75, 3.05) is 0 Å². The summed E-state index contributed by atoms with van der Waals surface area (Å²) in [6.07, 6.45) is 0.744. The van der Waals surface area contributed by atoms with E-state index in [1.807, 2.05) is 13.8 Å². The van der Waals surface area contributed by atoms with Crippen molar-refractivity contribution >= 4 is 13.5 Å². The Labute approximate surface area is 128 Å². The first kappa shape index (κ1) is 18.7. The standard InChI is InChI=1S/C12H21N4O5P/c1-3-7(4-2)12(18)14-11-9(15-16-13)5-8(6-10(11)17)22(19,20)21/h6-7,9-11,17H,3-5H2,1-2H3,(H,14,18)(H2,19,20,21)/t9-,10+,11+/m0/s1. The zero-order valence-corrected chi connectivity index (χ0v) is 13.3. The Hall–Kier alpha value is -1.37. The summed E-state index contributed by atoms with van der Waals surface area (Å²) >= 11 is 0. The Morgan fingerprint density at radius 3 is 2.59 bits per heavy atom. The fourth-order valence-corrected chi connectivity index (χ4v) is 3.23. The van der Waals surface area contributed by atoms with E-state index in [0.717, 1.165) is 6.08 Å². The molecule has 0 spiro atoms. The number of carbonyl (C=O) groups excluding carboxylic acids is 1. The van der Waals surface area contributed by atoms with Crippen LogP contribution in [0.2, 0.25) is 0 Å². The van der Waals surface area contributed by atoms with Gasteiger partial charge in [0.15, 0.2) is 0 Å². The minimum atomic E-state index is -4.53. The molecular formula is C12H21N4O5P. The molecule has 0 heterocycles. The lowest BCUT2D eigenvalue weighted by Crippen LogP contribution is -2.52. The van der Waals surface area contributed by atoms with Crippen LogP contribution >= 0.6 is 7.60 Å². The summed E-state index contributed by atoms with van der Waals surface area (Å²) in [5.41, 5.74) is 8.60. The Bertz CT molecular complexity index is 536. The number of rotatable bonds is 6. The Balaban J connectivity index is 3.02. The molecule has 4 N–H and O–H groups in total. The van der Waals surface area contributed by atoms with Crippen molar-refractivity contribution in [1.82, 2.24) is 5.32 Å². The van der Waals surface area contributed by atoms with E-state index < -0.39 is 25.8 Å². The molecule has 0 saturated heterocycles. The maximum absolute atomic E-state index is 12.1. The molecule has 1 rings (SSSR count). The summed E-state index contributed by atoms with van der Waals surface area (Å²) in [6.45, 7) is 3.73. The zero-order valence-electron chi connectivity index (χ0n) is 12.5. The molecule has 0 aromatic heterocycles. The largest absolute Gasteiger partial charge is 0.387 e. The average molecular weight is 332 g/mol. The van der Waals surface area contributed by atoms with Crippen molar-refractivity contribution in [3.05, 3.63) is 21.8 Å². The van der Waals surface area contributed by atoms with Crippen molar-refractivity contribution in [2.45, 2.75) is 51.3 Å². The maximum atomic E-state index is 12.1. The van der Waals surface area contributed by atoms with Gasteiger partial charge in [-0.1, -0.05) is 19.0 Å². The van der Waals surface area contributed by atoms with Gasteiger partial charge < -0.3 is 20.2 Å². The highest BCUT2D eigenvalue weighted by molar-refractivity contribution is 7.56. The molecular weight excluding hydrogens is 311 g/mol. The normalized spacial score (nSPS) is 25.4. The van der Waals surface area contributed by atoms with E-state index in [0.29, 0.717) is 12.8 Å². The maximum Gasteiger partial charge on any atom is 0.351 e. The number of carbonyl (C=O) groups is 1. The molecule has 124 valence electrons. The smallest absolute Gasteiger partial charge is 0.351 e. The molecule has 0 fully saturated rings. The average Bonchev–Trinajstić information content (AvgIpc) is 2.42. The third-order valence-electron chi connectivity index (χ3n) is 3.80. The van der Waals surface area contributed by atoms with Crippen LogP contribution < -0.4 is 5.32 Å². The van der Waals surface area contributed by atoms with Gasteiger partial charge in [-0.25, -0.2) is 0 Å². The van der Waals surface area contributed by atoms with Crippen molar-refractivity contribution in [3.8, 4) is 0 Å². The third-order valence-corrected chi connectivity index (χ3v) is 4.88. The molecule has 3 atom stereocenters. The fraction of sp³-hybridized carbons (Fsp3) is 0.750. The third kappa shape index (κ3) is 4.56. The number of hydrogen-bond donors (Lipinski definition) is 4. The highest BCUT2D eigenvalue weighted by atomic mass is 31.2. The van der Waals surface area contributed by atoms with Gasteiger partial charge in [0, 0.05) is 16.1 Å². The van der Waals surface area contributed by atoms with Crippen molar-refractivity contribution in [3.63, 3.8) is 0 Å². The van der Waals surface area contributed by atoms with E-state index in [1.165, 1.54) is 0 Å². The van der Waals surface area contributed by atoms with Gasteiger partial charge in [0.1, 0.15) is 0 Å². The summed E-state index contributed by atoms with van der Waals surface area (Å²) in [7, 11) is -4.53. The Morgan fingerprint density at radius 2 is 2.14 bits per heavy atom. The van der Waals surface area contributed by atoms with Crippen LogP contribution in [0.4, 0.5) is 0 Å². The lowest BCUT2D eigenvalue weighted by molar-refractivity contribution is -0.126. The van der Waals surface area contributed by atoms with E-state index in [2.05, 4.69) is 15.3 Å². The van der Waals surface area contributed by atoms with E-state index >= 15 is 0 Å². The molecule has 9 nitrogen and oxygen atoms in total. The summed E-state index contributed by atoms with van der Waals surface area (Å²) in [6, 6.07) is -1.86. The molecule has 1 amide bonds. The van der Waals surface area contributed by atoms with Crippen LogP contribution in [0.15, 0.2) is 16.5 Å². The second-order valence-electron chi connectivity index (χ2n) is 5.22. The van der Waals surface area contributed by atoms with Crippen molar-refractivity contribution in [1.29, 1.82) is 0 Å². The first-order chi connectivity index (χ1) is 10.2. The number of nitrogens with one attached hydrogen (secondary N) is 1. The Kier molecular flexibility index (Phi) is 6.59. The lowest BCUT2D eigenvalue weighted by Gasteiger charge is -2.33. The second-order valence-corrected chi connectivity index (χ2v) is 6.88. The molecule has 0 aromatic carbocycles. The monoisotopic (exact) mass is 332 g/mol. The van der Waals surface area contributed by atoms with Crippen LogP contribution in [-0.2, 0) is 9.36 Å². The summed E-state index contributed by atoms with van der Waals surface area (Å²) in [4.78, 5) is 33.1. The summed E-state index contributed by atoms with van der Waals surface area (Å²) in [5.74, 6) is -0.508. The van der Waals surface area contributed by atoms with Crippen molar-refractivity contribution in [2.24, 2.45) is 11.0 Å². The number of aliphatic hydroxyl groups excluding tert-OH is 1. The van der Waals surface area contributed by atoms with Gasteiger partial charge in [-0.15, -0.1) is 0 Å². The van der Waals surface area contributed by atoms with Crippen LogP contribution in [0.1, 0.15) is 33.1 Å². The second kappa shape index (κ2) is 7.76. The van der Waals surface area contributed by atoms with Gasteiger partial charge in [-0.05, 0) is 30.9 Å². The van der Waals surface area contributed by atoms with Gasteiger partial charge in [0.2, 0.25) is 5.91 Å². The molecule has 0 aliphatic heterocycles. The topological polar surface area (TPSA) is 156 Å². The van der Waals surface area contributed by atoms with Crippen LogP contribution in [0.3, 0.4) is 0 Å². The molecule has 1 aliphatic carbocycles. The molecule has 0 aromatic rings. The summed E-state index contributed by atoms with van der Waals surface area (Å²) in [5, 5.41) is 15.9. The zero-order chi connectivity index (χ0) is 16.9. The van der Waals surface area contributed by atoms with Crippen LogP contribution in [0, 0.1) is 5.92 Å². The summed E-state index contributed by atoms with van der Waals surface area (Å²) < 4.78 is 11.3. The lowest BCUT2D eigenvalue weighted by atomic mass is 9.92. The first-order valence-corrected chi connectivity index (χ1v) is 8.65. The number of azide groups is 1. The van der Waals surface area contributed by atoms with Gasteiger partial charge in [-0.2, -0.15) is 0 Å². The first-order valence-electron chi connectivity index (χ1n) is 7.04. The van der Waals surface area contributed by atoms with Crippen molar-refractivity contribution < 1.29 is 24.3 Å². The quantitative estimate of drug-likeness (QED) is 0.250. The highest BCUT2D eigenvalue weighted by Gasteiger charge is 2.38. The number of nitrogens with zero attached hydrogens (tertiary/aromatic N) is 3. The van der Waals surface area contributed by atoms with Crippen LogP contribution in [0.5, 0.6) is 0 Å². The van der Waals surface area contributed by atoms with Gasteiger partial charge >= 0.3 is 7.60 Å². The minimum absolute atomic E-state index is 0.209. The molecule has 0 saturated carbocycles. The van der Waals surface area contributed by atoms with Crippen LogP contribution in [-0.4, -0.2) is 39.0 Å². The molecule has 0 bridgehead atoms. The number of amides is 1. The molecule has 10 heteroatoms. The van der Waals surface area contributed by atoms with E-state index in [1.54, 1.807) is 0 Å². The number of aliphatic hydroxyl groups is 1. The minimum Gasteiger partial charge on any atom is -0.387 e. The SMILES string of the molecule is CCC(CC)C(=O)N[C@H]1[C@H](O)C=C(P(=O)(O)O)C[C@@H]1N=[N+]=[N-]. The van der Waals surface area contributed by atoms with Crippen LogP contribution in [0.25, 0.3) is 10.4 Å². The molecule has 1 aliphatic rings. The van der Waals surface area contributed by atoms with Gasteiger partial charge in [0.25, 0.3) is 0 Å². The van der Waals surface area contributed by atoms with E-state index in [9.17, 15) is 24.3 Å². The molecule has 22 heavy (non-hydrogen) atoms. The van der Waals surface area contributed by atoms with E-state index in [4.69, 9.17) is 5.53 Å². The Morgan fingerprint density at radius 1 is 1.55 bits per heavy atom. The number of hydrogen-bond acceptors (Lipinski definition) is 4.